The molecular formula is C7H7N. The van der Waals surface area contributed by atoms with Crippen molar-refractivity contribution in [3.8, 4) is 0 Å². The van der Waals surface area contributed by atoms with Crippen molar-refractivity contribution in [2.75, 3.05) is 0 Å². The van der Waals surface area contributed by atoms with Gasteiger partial charge in [-0.25, -0.2) is 0 Å². The molecular weight excluding hydrogens is 98.1 g/mol. The zero-order chi connectivity index (χ0) is 5.82. The molecule has 0 aromatic carbocycles. The Morgan fingerprint density at radius 2 is 2.62 bits per heavy atom. The van der Waals surface area contributed by atoms with Crippen molar-refractivity contribution in [1.29, 1.82) is 0 Å². The third-order valence-electron chi connectivity index (χ3n) is 1.00. The molecule has 0 saturated carbocycles. The van der Waals surface area contributed by atoms with Crippen LogP contribution in [-0.4, -0.2) is 6.72 Å². The van der Waals surface area contributed by atoms with E-state index in [9.17, 15) is 0 Å². The van der Waals surface area contributed by atoms with Gasteiger partial charge in [-0.15, -0.1) is 5.73 Å². The molecule has 0 spiro atoms. The van der Waals surface area contributed by atoms with Gasteiger partial charge in [-0.2, -0.15) is 0 Å². The highest BCUT2D eigenvalue weighted by atomic mass is 14.7. The molecule has 1 rings (SSSR count). The molecule has 0 radical (unpaired) electrons. The summed E-state index contributed by atoms with van der Waals surface area (Å²) in [6.07, 6.45) is 6.56. The molecule has 0 aromatic rings. The van der Waals surface area contributed by atoms with Crippen LogP contribution in [0.3, 0.4) is 0 Å². The molecule has 1 aliphatic rings. The van der Waals surface area contributed by atoms with Crippen LogP contribution in [0.1, 0.15) is 6.42 Å². The lowest BCUT2D eigenvalue weighted by Crippen LogP contribution is -1.75. The first-order chi connectivity index (χ1) is 3.93. The van der Waals surface area contributed by atoms with Crippen LogP contribution in [-0.2, 0) is 0 Å². The lowest BCUT2D eigenvalue weighted by atomic mass is 10.2. The highest BCUT2D eigenvalue weighted by molar-refractivity contribution is 5.32. The molecule has 0 heterocycles. The molecule has 0 bridgehead atoms. The minimum Gasteiger partial charge on any atom is -0.269 e. The Kier molecular flexibility index (Phi) is 1.45. The lowest BCUT2D eigenvalue weighted by molar-refractivity contribution is 1.17. The molecule has 0 saturated heterocycles. The quantitative estimate of drug-likeness (QED) is 0.355. The Balaban J connectivity index is 2.76. The van der Waals surface area contributed by atoms with Gasteiger partial charge in [-0.3, -0.25) is 4.99 Å². The van der Waals surface area contributed by atoms with E-state index in [0.717, 1.165) is 12.1 Å². The van der Waals surface area contributed by atoms with Crippen LogP contribution in [0.4, 0.5) is 0 Å². The molecule has 40 valence electrons. The van der Waals surface area contributed by atoms with E-state index in [1.54, 1.807) is 0 Å². The van der Waals surface area contributed by atoms with Crippen molar-refractivity contribution in [2.45, 2.75) is 6.42 Å². The predicted octanol–water partition coefficient (Wildman–Crippen LogP) is 1.69. The van der Waals surface area contributed by atoms with Gasteiger partial charge in [0.2, 0.25) is 0 Å². The van der Waals surface area contributed by atoms with E-state index >= 15 is 0 Å². The van der Waals surface area contributed by atoms with Gasteiger partial charge in [0, 0.05) is 12.1 Å². The predicted molar refractivity (Wildman–Crippen MR) is 34.9 cm³/mol. The maximum absolute atomic E-state index is 3.76. The van der Waals surface area contributed by atoms with Gasteiger partial charge in [-0.1, -0.05) is 0 Å². The zero-order valence-electron chi connectivity index (χ0n) is 4.59. The van der Waals surface area contributed by atoms with Crippen LogP contribution in [0.25, 0.3) is 0 Å². The largest absolute Gasteiger partial charge is 0.269 e. The number of rotatable bonds is 1. The summed E-state index contributed by atoms with van der Waals surface area (Å²) in [5.41, 5.74) is 3.95. The molecule has 0 aromatic heterocycles. The molecule has 1 nitrogen and oxygen atoms in total. The van der Waals surface area contributed by atoms with Crippen molar-refractivity contribution in [3.05, 3.63) is 29.7 Å². The number of hydrogen-bond donors (Lipinski definition) is 0. The van der Waals surface area contributed by atoms with Crippen molar-refractivity contribution >= 4 is 6.72 Å². The van der Waals surface area contributed by atoms with Crippen LogP contribution in [0.5, 0.6) is 0 Å². The Bertz CT molecular complexity index is 181. The standard InChI is InChI=1S/C7H7N/c1-8-7-5-3-2-4-6-7/h3-5H,1,6H2. The summed E-state index contributed by atoms with van der Waals surface area (Å²) in [7, 11) is 0. The van der Waals surface area contributed by atoms with Crippen LogP contribution >= 0.6 is 0 Å². The Hall–Kier alpha value is -1.07. The normalized spacial score (nSPS) is 15.8. The van der Waals surface area contributed by atoms with Crippen LogP contribution < -0.4 is 0 Å². The highest BCUT2D eigenvalue weighted by Crippen LogP contribution is 2.05. The van der Waals surface area contributed by atoms with Crippen molar-refractivity contribution < 1.29 is 0 Å². The third kappa shape index (κ3) is 0.955. The van der Waals surface area contributed by atoms with Gasteiger partial charge in [0.1, 0.15) is 0 Å². The number of allylic oxidation sites excluding steroid dienone is 2. The molecule has 0 aliphatic heterocycles. The summed E-state index contributed by atoms with van der Waals surface area (Å²) in [6, 6.07) is 0. The molecule has 0 fully saturated rings. The monoisotopic (exact) mass is 105 g/mol. The fourth-order valence-corrected chi connectivity index (χ4v) is 0.561. The second-order valence-corrected chi connectivity index (χ2v) is 1.56. The number of hydrogen-bond acceptors (Lipinski definition) is 1. The molecule has 0 unspecified atom stereocenters. The Morgan fingerprint density at radius 3 is 3.00 bits per heavy atom. The topological polar surface area (TPSA) is 12.4 Å². The molecule has 1 heteroatoms. The second kappa shape index (κ2) is 2.29. The molecule has 0 N–H and O–H groups in total. The zero-order valence-corrected chi connectivity index (χ0v) is 4.59. The number of aliphatic imine (C=N–C) groups is 1. The van der Waals surface area contributed by atoms with E-state index in [0.29, 0.717) is 0 Å². The molecule has 1 aliphatic carbocycles. The Labute approximate surface area is 48.7 Å². The summed E-state index contributed by atoms with van der Waals surface area (Å²) in [6.45, 7) is 3.40. The maximum Gasteiger partial charge on any atom is 0.0446 e. The van der Waals surface area contributed by atoms with E-state index in [2.05, 4.69) is 17.4 Å². The molecule has 0 atom stereocenters. The van der Waals surface area contributed by atoms with Gasteiger partial charge in [0.05, 0.1) is 0 Å². The van der Waals surface area contributed by atoms with E-state index < -0.39 is 0 Å². The summed E-state index contributed by atoms with van der Waals surface area (Å²) >= 11 is 0. The van der Waals surface area contributed by atoms with E-state index in [1.807, 2.05) is 18.2 Å². The fourth-order valence-electron chi connectivity index (χ4n) is 0.561. The van der Waals surface area contributed by atoms with E-state index in [-0.39, 0.29) is 0 Å². The van der Waals surface area contributed by atoms with Gasteiger partial charge in [0.15, 0.2) is 0 Å². The van der Waals surface area contributed by atoms with Crippen molar-refractivity contribution in [3.63, 3.8) is 0 Å². The van der Waals surface area contributed by atoms with Gasteiger partial charge in [0.25, 0.3) is 0 Å². The van der Waals surface area contributed by atoms with Gasteiger partial charge >= 0.3 is 0 Å². The maximum atomic E-state index is 3.76. The van der Waals surface area contributed by atoms with Crippen LogP contribution in [0.2, 0.25) is 0 Å². The first kappa shape index (κ1) is 5.07. The second-order valence-electron chi connectivity index (χ2n) is 1.56. The average Bonchev–Trinajstić information content (AvgIpc) is 1.90. The SMILES string of the molecule is C=NC1=CC=C=CC1. The first-order valence-corrected chi connectivity index (χ1v) is 2.50. The van der Waals surface area contributed by atoms with Crippen molar-refractivity contribution in [1.82, 2.24) is 0 Å². The summed E-state index contributed by atoms with van der Waals surface area (Å²) in [5.74, 6) is 0. The molecule has 8 heavy (non-hydrogen) atoms. The summed E-state index contributed by atoms with van der Waals surface area (Å²) < 4.78 is 0. The van der Waals surface area contributed by atoms with Gasteiger partial charge < -0.3 is 0 Å². The first-order valence-electron chi connectivity index (χ1n) is 2.50. The van der Waals surface area contributed by atoms with E-state index in [1.165, 1.54) is 0 Å². The summed E-state index contributed by atoms with van der Waals surface area (Å²) in [4.78, 5) is 3.76. The third-order valence-corrected chi connectivity index (χ3v) is 1.00. The highest BCUT2D eigenvalue weighted by Gasteiger charge is 1.87. The smallest absolute Gasteiger partial charge is 0.0446 e. The lowest BCUT2D eigenvalue weighted by Gasteiger charge is -1.93. The molecule has 0 amide bonds. The van der Waals surface area contributed by atoms with Crippen LogP contribution in [0.15, 0.2) is 34.6 Å². The van der Waals surface area contributed by atoms with Crippen molar-refractivity contribution in [2.24, 2.45) is 4.99 Å². The van der Waals surface area contributed by atoms with Gasteiger partial charge in [-0.05, 0) is 24.9 Å². The summed E-state index contributed by atoms with van der Waals surface area (Å²) in [5, 5.41) is 0. The minimum atomic E-state index is 0.875. The number of nitrogens with zero attached hydrogens (tertiary/aromatic N) is 1. The minimum absolute atomic E-state index is 0.875. The fraction of sp³-hybridized carbons (Fsp3) is 0.143. The Morgan fingerprint density at radius 1 is 1.75 bits per heavy atom. The average molecular weight is 105 g/mol. The van der Waals surface area contributed by atoms with E-state index in [4.69, 9.17) is 0 Å². The van der Waals surface area contributed by atoms with Crippen LogP contribution in [0, 0.1) is 0 Å².